The number of hydrogen-bond acceptors (Lipinski definition) is 3. The van der Waals surface area contributed by atoms with Crippen LogP contribution >= 0.6 is 0 Å². The number of carboxylic acids is 1. The van der Waals surface area contributed by atoms with Gasteiger partial charge >= 0.3 is 5.97 Å². The first kappa shape index (κ1) is 11.9. The third-order valence-corrected chi connectivity index (χ3v) is 2.33. The lowest BCUT2D eigenvalue weighted by atomic mass is 10.1. The van der Waals surface area contributed by atoms with Crippen molar-refractivity contribution in [1.29, 1.82) is 0 Å². The number of amides is 1. The van der Waals surface area contributed by atoms with E-state index in [-0.39, 0.29) is 13.0 Å². The molecule has 15 heavy (non-hydrogen) atoms. The number of rotatable bonds is 2. The SMILES string of the molecule is CC(C)(F)C(=O)N1C[C@H](O)C[C@H]1C(=O)O. The maximum Gasteiger partial charge on any atom is 0.326 e. The minimum Gasteiger partial charge on any atom is -0.480 e. The fourth-order valence-corrected chi connectivity index (χ4v) is 1.61. The third kappa shape index (κ3) is 2.44. The van der Waals surface area contributed by atoms with E-state index >= 15 is 0 Å². The highest BCUT2D eigenvalue weighted by Gasteiger charge is 2.43. The number of carbonyl (C=O) groups is 2. The van der Waals surface area contributed by atoms with Gasteiger partial charge in [0.15, 0.2) is 5.67 Å². The molecule has 0 unspecified atom stereocenters. The number of aliphatic hydroxyl groups excluding tert-OH is 1. The number of β-amino-alcohol motifs (C(OH)–C–C–N with tert-alkyl or cyclic N) is 1. The molecule has 1 aliphatic heterocycles. The lowest BCUT2D eigenvalue weighted by Crippen LogP contribution is -2.48. The quantitative estimate of drug-likeness (QED) is 0.673. The summed E-state index contributed by atoms with van der Waals surface area (Å²) < 4.78 is 13.3. The highest BCUT2D eigenvalue weighted by molar-refractivity contribution is 5.89. The van der Waals surface area contributed by atoms with Gasteiger partial charge in [0.05, 0.1) is 6.10 Å². The second-order valence-electron chi connectivity index (χ2n) is 4.17. The van der Waals surface area contributed by atoms with E-state index in [1.807, 2.05) is 0 Å². The van der Waals surface area contributed by atoms with Gasteiger partial charge in [-0.3, -0.25) is 4.79 Å². The van der Waals surface area contributed by atoms with E-state index in [0.29, 0.717) is 0 Å². The largest absolute Gasteiger partial charge is 0.480 e. The first-order valence-electron chi connectivity index (χ1n) is 4.64. The monoisotopic (exact) mass is 219 g/mol. The Morgan fingerprint density at radius 3 is 2.40 bits per heavy atom. The van der Waals surface area contributed by atoms with Gasteiger partial charge in [0, 0.05) is 13.0 Å². The highest BCUT2D eigenvalue weighted by atomic mass is 19.1. The van der Waals surface area contributed by atoms with Crippen LogP contribution in [0.5, 0.6) is 0 Å². The van der Waals surface area contributed by atoms with Crippen LogP contribution in [0.15, 0.2) is 0 Å². The van der Waals surface area contributed by atoms with Crippen molar-refractivity contribution in [2.75, 3.05) is 6.54 Å². The number of aliphatic hydroxyl groups is 1. The summed E-state index contributed by atoms with van der Waals surface area (Å²) in [6, 6.07) is -1.12. The number of hydrogen-bond donors (Lipinski definition) is 2. The Labute approximate surface area is 86.5 Å². The molecule has 0 radical (unpaired) electrons. The minimum absolute atomic E-state index is 0.0445. The third-order valence-electron chi connectivity index (χ3n) is 2.33. The predicted molar refractivity (Wildman–Crippen MR) is 48.9 cm³/mol. The molecule has 1 fully saturated rings. The zero-order valence-corrected chi connectivity index (χ0v) is 8.61. The van der Waals surface area contributed by atoms with Gasteiger partial charge in [-0.25, -0.2) is 9.18 Å². The van der Waals surface area contributed by atoms with E-state index in [4.69, 9.17) is 5.11 Å². The van der Waals surface area contributed by atoms with E-state index in [1.165, 1.54) is 0 Å². The number of aliphatic carboxylic acids is 1. The predicted octanol–water partition coefficient (Wildman–Crippen LogP) is -0.219. The number of alkyl halides is 1. The Hall–Kier alpha value is -1.17. The molecule has 0 aromatic heterocycles. The molecule has 0 aliphatic carbocycles. The molecule has 1 amide bonds. The number of carboxylic acid groups (broad SMARTS) is 1. The van der Waals surface area contributed by atoms with E-state index in [1.54, 1.807) is 0 Å². The lowest BCUT2D eigenvalue weighted by Gasteiger charge is -2.26. The molecular weight excluding hydrogens is 205 g/mol. The number of carbonyl (C=O) groups excluding carboxylic acids is 1. The van der Waals surface area contributed by atoms with Crippen LogP contribution < -0.4 is 0 Å². The van der Waals surface area contributed by atoms with Crippen LogP contribution in [0.4, 0.5) is 4.39 Å². The van der Waals surface area contributed by atoms with Gasteiger partial charge in [-0.15, -0.1) is 0 Å². The highest BCUT2D eigenvalue weighted by Crippen LogP contribution is 2.23. The Balaban J connectivity index is 2.85. The Kier molecular flexibility index (Phi) is 2.99. The maximum absolute atomic E-state index is 13.3. The van der Waals surface area contributed by atoms with Gasteiger partial charge < -0.3 is 15.1 Å². The average molecular weight is 219 g/mol. The maximum atomic E-state index is 13.3. The van der Waals surface area contributed by atoms with Gasteiger partial charge in [-0.1, -0.05) is 0 Å². The molecule has 0 aromatic carbocycles. The van der Waals surface area contributed by atoms with Crippen molar-refractivity contribution in [3.63, 3.8) is 0 Å². The van der Waals surface area contributed by atoms with Crippen LogP contribution in [0.1, 0.15) is 20.3 Å². The smallest absolute Gasteiger partial charge is 0.326 e. The summed E-state index contributed by atoms with van der Waals surface area (Å²) >= 11 is 0. The molecule has 0 bridgehead atoms. The molecule has 1 heterocycles. The number of halogens is 1. The first-order chi connectivity index (χ1) is 6.73. The molecule has 6 heteroatoms. The summed E-state index contributed by atoms with van der Waals surface area (Å²) in [6.45, 7) is 2.01. The standard InChI is InChI=1S/C9H14FNO4/c1-9(2,10)8(15)11-4-5(12)3-6(11)7(13)14/h5-6,12H,3-4H2,1-2H3,(H,13,14)/t5-,6+/m1/s1. The van der Waals surface area contributed by atoms with Crippen LogP contribution in [-0.4, -0.2) is 51.3 Å². The van der Waals surface area contributed by atoms with Crippen molar-refractivity contribution in [3.8, 4) is 0 Å². The Morgan fingerprint density at radius 1 is 1.47 bits per heavy atom. The summed E-state index contributed by atoms with van der Waals surface area (Å²) in [4.78, 5) is 23.1. The molecule has 0 saturated carbocycles. The van der Waals surface area contributed by atoms with Gasteiger partial charge in [0.2, 0.25) is 0 Å². The molecule has 2 atom stereocenters. The molecule has 1 rings (SSSR count). The molecule has 2 N–H and O–H groups in total. The topological polar surface area (TPSA) is 77.8 Å². The zero-order valence-electron chi connectivity index (χ0n) is 8.61. The average Bonchev–Trinajstić information content (AvgIpc) is 2.44. The fraction of sp³-hybridized carbons (Fsp3) is 0.778. The van der Waals surface area contributed by atoms with Crippen molar-refractivity contribution in [3.05, 3.63) is 0 Å². The molecule has 5 nitrogen and oxygen atoms in total. The summed E-state index contributed by atoms with van der Waals surface area (Å²) in [5, 5.41) is 18.0. The molecule has 0 spiro atoms. The van der Waals surface area contributed by atoms with Crippen molar-refractivity contribution < 1.29 is 24.2 Å². The summed E-state index contributed by atoms with van der Waals surface area (Å²) in [5.74, 6) is -2.12. The first-order valence-corrected chi connectivity index (χ1v) is 4.64. The van der Waals surface area contributed by atoms with E-state index in [2.05, 4.69) is 0 Å². The van der Waals surface area contributed by atoms with Crippen molar-refractivity contribution in [2.24, 2.45) is 0 Å². The van der Waals surface area contributed by atoms with Crippen LogP contribution in [-0.2, 0) is 9.59 Å². The number of likely N-dealkylation sites (tertiary alicyclic amines) is 1. The second kappa shape index (κ2) is 3.77. The van der Waals surface area contributed by atoms with Crippen molar-refractivity contribution in [1.82, 2.24) is 4.90 Å². The molecule has 1 aliphatic rings. The zero-order chi connectivity index (χ0) is 11.8. The van der Waals surface area contributed by atoms with Crippen molar-refractivity contribution >= 4 is 11.9 Å². The van der Waals surface area contributed by atoms with Crippen LogP contribution in [0.25, 0.3) is 0 Å². The lowest BCUT2D eigenvalue weighted by molar-refractivity contribution is -0.152. The Bertz CT molecular complexity index is 286. The minimum atomic E-state index is -2.11. The van der Waals surface area contributed by atoms with E-state index in [0.717, 1.165) is 18.7 Å². The van der Waals surface area contributed by atoms with Gasteiger partial charge in [-0.05, 0) is 13.8 Å². The van der Waals surface area contributed by atoms with Crippen LogP contribution in [0.2, 0.25) is 0 Å². The van der Waals surface area contributed by atoms with Gasteiger partial charge in [0.25, 0.3) is 5.91 Å². The van der Waals surface area contributed by atoms with Crippen LogP contribution in [0, 0.1) is 0 Å². The summed E-state index contributed by atoms with van der Waals surface area (Å²) in [6.07, 6.45) is -0.936. The van der Waals surface area contributed by atoms with Gasteiger partial charge in [-0.2, -0.15) is 0 Å². The summed E-state index contributed by atoms with van der Waals surface area (Å²) in [7, 11) is 0. The molecule has 0 aromatic rings. The van der Waals surface area contributed by atoms with E-state index in [9.17, 15) is 19.1 Å². The molecule has 1 saturated heterocycles. The second-order valence-corrected chi connectivity index (χ2v) is 4.17. The van der Waals surface area contributed by atoms with E-state index < -0.39 is 29.7 Å². The van der Waals surface area contributed by atoms with Crippen LogP contribution in [0.3, 0.4) is 0 Å². The molecular formula is C9H14FNO4. The van der Waals surface area contributed by atoms with Crippen molar-refractivity contribution in [2.45, 2.75) is 38.1 Å². The summed E-state index contributed by atoms with van der Waals surface area (Å²) in [5.41, 5.74) is -2.11. The fourth-order valence-electron chi connectivity index (χ4n) is 1.61. The Morgan fingerprint density at radius 2 is 2.00 bits per heavy atom. The molecule has 86 valence electrons. The number of nitrogens with zero attached hydrogens (tertiary/aromatic N) is 1. The normalized spacial score (nSPS) is 26.8. The van der Waals surface area contributed by atoms with Gasteiger partial charge in [0.1, 0.15) is 6.04 Å².